The van der Waals surface area contributed by atoms with E-state index in [-0.39, 0.29) is 29.9 Å². The number of carbonyl (C=O) groups is 1. The Kier molecular flexibility index (Phi) is 10.9. The molecule has 3 N–H and O–H groups in total. The molecule has 0 aromatic rings. The second-order valence-electron chi connectivity index (χ2n) is 5.49. The summed E-state index contributed by atoms with van der Waals surface area (Å²) in [6.07, 6.45) is 8.90. The molecule has 1 aliphatic rings. The van der Waals surface area contributed by atoms with E-state index in [9.17, 15) is 4.79 Å². The van der Waals surface area contributed by atoms with Crippen LogP contribution in [0.2, 0.25) is 0 Å². The van der Waals surface area contributed by atoms with Crippen molar-refractivity contribution in [3.63, 3.8) is 0 Å². The third-order valence-corrected chi connectivity index (χ3v) is 3.54. The third-order valence-electron chi connectivity index (χ3n) is 3.54. The molecule has 0 bridgehead atoms. The summed E-state index contributed by atoms with van der Waals surface area (Å²) in [6.45, 7) is 0.616. The van der Waals surface area contributed by atoms with Crippen LogP contribution in [0.25, 0.3) is 0 Å². The Morgan fingerprint density at radius 3 is 2.40 bits per heavy atom. The molecule has 1 aliphatic carbocycles. The third kappa shape index (κ3) is 8.60. The lowest BCUT2D eigenvalue weighted by atomic mass is 10.1. The minimum Gasteiger partial charge on any atom is -0.370 e. The second kappa shape index (κ2) is 11.2. The number of nitrogens with one attached hydrogen (secondary N) is 1. The Bertz CT molecular complexity index is 300. The van der Waals surface area contributed by atoms with Gasteiger partial charge in [0.05, 0.1) is 0 Å². The molecule has 1 rings (SSSR count). The molecule has 0 heterocycles. The number of hydrogen-bond acceptors (Lipinski definition) is 2. The van der Waals surface area contributed by atoms with E-state index in [1.807, 2.05) is 0 Å². The molecule has 0 radical (unpaired) electrons. The first-order valence-electron chi connectivity index (χ1n) is 7.36. The number of nitrogens with zero attached hydrogens (tertiary/aromatic N) is 2. The fourth-order valence-corrected chi connectivity index (χ4v) is 2.33. The van der Waals surface area contributed by atoms with Gasteiger partial charge in [0.15, 0.2) is 5.96 Å². The lowest BCUT2D eigenvalue weighted by Crippen LogP contribution is -2.39. The van der Waals surface area contributed by atoms with Crippen molar-refractivity contribution in [2.45, 2.75) is 57.4 Å². The van der Waals surface area contributed by atoms with Gasteiger partial charge in [0.2, 0.25) is 5.91 Å². The van der Waals surface area contributed by atoms with Crippen LogP contribution in [-0.4, -0.2) is 43.4 Å². The standard InChI is InChI=1S/C14H28N4O.HI/c1-18(2)13(19)10-7-11-16-14(15)17-12-8-5-3-4-6-9-12;/h12H,3-11H2,1-2H3,(H3,15,16,17);1H. The molecular formula is C14H29IN4O. The van der Waals surface area contributed by atoms with Crippen LogP contribution in [0.4, 0.5) is 0 Å². The first-order chi connectivity index (χ1) is 9.09. The minimum atomic E-state index is 0. The van der Waals surface area contributed by atoms with Crippen molar-refractivity contribution in [1.82, 2.24) is 10.2 Å². The van der Waals surface area contributed by atoms with Gasteiger partial charge < -0.3 is 16.0 Å². The molecule has 0 aliphatic heterocycles. The maximum Gasteiger partial charge on any atom is 0.222 e. The maximum atomic E-state index is 11.4. The molecular weight excluding hydrogens is 367 g/mol. The number of halogens is 1. The number of guanidine groups is 1. The van der Waals surface area contributed by atoms with Crippen molar-refractivity contribution >= 4 is 35.8 Å². The van der Waals surface area contributed by atoms with Gasteiger partial charge >= 0.3 is 0 Å². The van der Waals surface area contributed by atoms with Gasteiger partial charge in [-0.05, 0) is 19.3 Å². The highest BCUT2D eigenvalue weighted by Gasteiger charge is 2.12. The van der Waals surface area contributed by atoms with Crippen LogP contribution in [0.5, 0.6) is 0 Å². The minimum absolute atomic E-state index is 0. The van der Waals surface area contributed by atoms with E-state index in [2.05, 4.69) is 10.3 Å². The van der Waals surface area contributed by atoms with Gasteiger partial charge in [-0.25, -0.2) is 0 Å². The van der Waals surface area contributed by atoms with Gasteiger partial charge in [-0.3, -0.25) is 9.79 Å². The maximum absolute atomic E-state index is 11.4. The van der Waals surface area contributed by atoms with Crippen LogP contribution >= 0.6 is 24.0 Å². The van der Waals surface area contributed by atoms with Crippen molar-refractivity contribution in [3.05, 3.63) is 0 Å². The molecule has 0 atom stereocenters. The number of amides is 1. The summed E-state index contributed by atoms with van der Waals surface area (Å²) in [7, 11) is 3.54. The Balaban J connectivity index is 0.00000361. The molecule has 1 amide bonds. The molecule has 0 aromatic carbocycles. The molecule has 0 unspecified atom stereocenters. The average molecular weight is 396 g/mol. The number of aliphatic imine (C=N–C) groups is 1. The van der Waals surface area contributed by atoms with E-state index in [0.29, 0.717) is 25.0 Å². The molecule has 0 saturated heterocycles. The van der Waals surface area contributed by atoms with E-state index in [1.165, 1.54) is 38.5 Å². The zero-order valence-electron chi connectivity index (χ0n) is 12.7. The highest BCUT2D eigenvalue weighted by molar-refractivity contribution is 14.0. The summed E-state index contributed by atoms with van der Waals surface area (Å²) >= 11 is 0. The van der Waals surface area contributed by atoms with E-state index in [1.54, 1.807) is 19.0 Å². The first kappa shape index (κ1) is 19.5. The smallest absolute Gasteiger partial charge is 0.222 e. The van der Waals surface area contributed by atoms with E-state index in [4.69, 9.17) is 5.73 Å². The predicted octanol–water partition coefficient (Wildman–Crippen LogP) is 2.10. The fraction of sp³-hybridized carbons (Fsp3) is 0.857. The van der Waals surface area contributed by atoms with E-state index in [0.717, 1.165) is 6.42 Å². The summed E-state index contributed by atoms with van der Waals surface area (Å²) in [5.74, 6) is 0.676. The Morgan fingerprint density at radius 2 is 1.85 bits per heavy atom. The highest BCUT2D eigenvalue weighted by atomic mass is 127. The molecule has 20 heavy (non-hydrogen) atoms. The van der Waals surface area contributed by atoms with Gasteiger partial charge in [-0.2, -0.15) is 0 Å². The number of hydrogen-bond donors (Lipinski definition) is 2. The fourth-order valence-electron chi connectivity index (χ4n) is 2.33. The zero-order valence-corrected chi connectivity index (χ0v) is 15.1. The molecule has 1 saturated carbocycles. The Morgan fingerprint density at radius 1 is 1.25 bits per heavy atom. The quantitative estimate of drug-likeness (QED) is 0.246. The monoisotopic (exact) mass is 396 g/mol. The zero-order chi connectivity index (χ0) is 14.1. The molecule has 1 fully saturated rings. The van der Waals surface area contributed by atoms with Crippen LogP contribution in [0.1, 0.15) is 51.4 Å². The molecule has 118 valence electrons. The van der Waals surface area contributed by atoms with Gasteiger partial charge in [-0.15, -0.1) is 24.0 Å². The number of nitrogens with two attached hydrogens (primary N) is 1. The highest BCUT2D eigenvalue weighted by Crippen LogP contribution is 2.16. The van der Waals surface area contributed by atoms with Gasteiger partial charge in [-0.1, -0.05) is 25.7 Å². The van der Waals surface area contributed by atoms with Crippen LogP contribution in [0.3, 0.4) is 0 Å². The number of rotatable bonds is 5. The van der Waals surface area contributed by atoms with Crippen LogP contribution in [0, 0.1) is 0 Å². The van der Waals surface area contributed by atoms with Gasteiger partial charge in [0.1, 0.15) is 0 Å². The van der Waals surface area contributed by atoms with E-state index >= 15 is 0 Å². The van der Waals surface area contributed by atoms with Crippen LogP contribution < -0.4 is 11.1 Å². The van der Waals surface area contributed by atoms with Crippen molar-refractivity contribution in [2.75, 3.05) is 20.6 Å². The molecule has 5 nitrogen and oxygen atoms in total. The van der Waals surface area contributed by atoms with Crippen molar-refractivity contribution < 1.29 is 4.79 Å². The summed E-state index contributed by atoms with van der Waals surface area (Å²) in [5.41, 5.74) is 5.88. The lowest BCUT2D eigenvalue weighted by Gasteiger charge is -2.16. The van der Waals surface area contributed by atoms with Crippen LogP contribution in [0.15, 0.2) is 4.99 Å². The average Bonchev–Trinajstić information content (AvgIpc) is 2.62. The Hall–Kier alpha value is -0.530. The largest absolute Gasteiger partial charge is 0.370 e. The van der Waals surface area contributed by atoms with Crippen molar-refractivity contribution in [2.24, 2.45) is 10.7 Å². The van der Waals surface area contributed by atoms with E-state index < -0.39 is 0 Å². The normalized spacial score (nSPS) is 17.0. The topological polar surface area (TPSA) is 70.7 Å². The molecule has 0 spiro atoms. The second-order valence-corrected chi connectivity index (χ2v) is 5.49. The van der Waals surface area contributed by atoms with Gasteiger partial charge in [0.25, 0.3) is 0 Å². The van der Waals surface area contributed by atoms with Crippen LogP contribution in [-0.2, 0) is 4.79 Å². The number of carbonyl (C=O) groups excluding carboxylic acids is 1. The predicted molar refractivity (Wildman–Crippen MR) is 94.5 cm³/mol. The molecule has 0 aromatic heterocycles. The summed E-state index contributed by atoms with van der Waals surface area (Å²) in [5, 5.41) is 3.30. The SMILES string of the molecule is CN(C)C(=O)CCCN=C(N)NC1CCCCCC1.I. The molecule has 6 heteroatoms. The lowest BCUT2D eigenvalue weighted by molar-refractivity contribution is -0.128. The summed E-state index contributed by atoms with van der Waals surface area (Å²) < 4.78 is 0. The van der Waals surface area contributed by atoms with Gasteiger partial charge in [0, 0.05) is 33.1 Å². The summed E-state index contributed by atoms with van der Waals surface area (Å²) in [6, 6.07) is 0.481. The Labute approximate surface area is 139 Å². The first-order valence-corrected chi connectivity index (χ1v) is 7.36. The van der Waals surface area contributed by atoms with Crippen molar-refractivity contribution in [1.29, 1.82) is 0 Å². The summed E-state index contributed by atoms with van der Waals surface area (Å²) in [4.78, 5) is 17.3. The van der Waals surface area contributed by atoms with Crippen molar-refractivity contribution in [3.8, 4) is 0 Å².